The van der Waals surface area contributed by atoms with Crippen molar-refractivity contribution in [2.75, 3.05) is 19.0 Å². The molecule has 0 radical (unpaired) electrons. The molecule has 0 bridgehead atoms. The molecule has 0 aromatic heterocycles. The highest BCUT2D eigenvalue weighted by Crippen LogP contribution is 2.54. The average Bonchev–Trinajstić information content (AvgIpc) is 3.26. The van der Waals surface area contributed by atoms with Gasteiger partial charge in [-0.05, 0) is 67.5 Å². The molecular weight excluding hydrogens is 310 g/mol. The lowest BCUT2D eigenvalue weighted by Crippen LogP contribution is -2.40. The summed E-state index contributed by atoms with van der Waals surface area (Å²) in [5, 5.41) is 3.86. The molecule has 2 heterocycles. The first-order valence-corrected chi connectivity index (χ1v) is 9.40. The smallest absolute Gasteiger partial charge is 0.118 e. The van der Waals surface area contributed by atoms with Crippen molar-refractivity contribution in [2.24, 2.45) is 5.92 Å². The third-order valence-electron chi connectivity index (χ3n) is 6.49. The molecule has 2 aromatic carbocycles. The van der Waals surface area contributed by atoms with Gasteiger partial charge < -0.3 is 14.8 Å². The summed E-state index contributed by atoms with van der Waals surface area (Å²) in [7, 11) is 1.71. The number of methoxy groups -OCH3 is 1. The lowest BCUT2D eigenvalue weighted by atomic mass is 9.72. The number of benzene rings is 2. The fourth-order valence-corrected chi connectivity index (χ4v) is 5.09. The van der Waals surface area contributed by atoms with Crippen molar-refractivity contribution in [1.82, 2.24) is 0 Å². The number of fused-ring (bicyclic) bond motifs is 4. The Balaban J connectivity index is 1.61. The van der Waals surface area contributed by atoms with Gasteiger partial charge in [0.1, 0.15) is 5.75 Å². The molecule has 3 aliphatic rings. The summed E-state index contributed by atoms with van der Waals surface area (Å²) in [6.45, 7) is 3.13. The zero-order valence-corrected chi connectivity index (χ0v) is 15.0. The van der Waals surface area contributed by atoms with Crippen molar-refractivity contribution in [3.63, 3.8) is 0 Å². The first kappa shape index (κ1) is 15.3. The van der Waals surface area contributed by atoms with Crippen molar-refractivity contribution in [2.45, 2.75) is 44.2 Å². The van der Waals surface area contributed by atoms with Gasteiger partial charge in [-0.2, -0.15) is 0 Å². The first-order valence-electron chi connectivity index (χ1n) is 9.40. The van der Waals surface area contributed by atoms with E-state index in [-0.39, 0.29) is 11.6 Å². The molecule has 3 heteroatoms. The van der Waals surface area contributed by atoms with Gasteiger partial charge in [0.2, 0.25) is 0 Å². The standard InChI is InChI=1S/C22H25NO2/c1-22-18(10-11-25-22)21(14-6-8-17(24-2)9-7-14)23-20-13-16-5-3-4-15(16)12-19(20)22/h6-9,12-13,18,21,23H,3-5,10-11H2,1-2H3/t18-,21+,22-/m0/s1. The lowest BCUT2D eigenvalue weighted by molar-refractivity contribution is -0.0179. The fourth-order valence-electron chi connectivity index (χ4n) is 5.09. The fraction of sp³-hybridized carbons (Fsp3) is 0.455. The number of nitrogens with one attached hydrogen (secondary N) is 1. The Kier molecular flexibility index (Phi) is 3.36. The molecule has 0 amide bonds. The summed E-state index contributed by atoms with van der Waals surface area (Å²) in [5.41, 5.74) is 6.79. The maximum absolute atomic E-state index is 6.36. The Morgan fingerprint density at radius 3 is 2.64 bits per heavy atom. The van der Waals surface area contributed by atoms with Crippen molar-refractivity contribution in [3.8, 4) is 5.75 Å². The number of anilines is 1. The summed E-state index contributed by atoms with van der Waals surface area (Å²) in [6, 6.07) is 13.6. The van der Waals surface area contributed by atoms with Gasteiger partial charge in [-0.25, -0.2) is 0 Å². The molecule has 0 saturated carbocycles. The molecule has 0 spiro atoms. The van der Waals surface area contributed by atoms with Gasteiger partial charge >= 0.3 is 0 Å². The molecule has 1 N–H and O–H groups in total. The molecule has 1 aliphatic carbocycles. The van der Waals surface area contributed by atoms with Crippen LogP contribution in [0.4, 0.5) is 5.69 Å². The van der Waals surface area contributed by atoms with Crippen LogP contribution in [0.5, 0.6) is 5.75 Å². The second-order valence-corrected chi connectivity index (χ2v) is 7.77. The van der Waals surface area contributed by atoms with Gasteiger partial charge in [0, 0.05) is 23.8 Å². The van der Waals surface area contributed by atoms with Crippen LogP contribution >= 0.6 is 0 Å². The molecule has 5 rings (SSSR count). The molecule has 130 valence electrons. The Hall–Kier alpha value is -2.00. The Bertz CT molecular complexity index is 814. The molecule has 2 aliphatic heterocycles. The molecule has 1 saturated heterocycles. The number of ether oxygens (including phenoxy) is 2. The van der Waals surface area contributed by atoms with Gasteiger partial charge in [-0.15, -0.1) is 0 Å². The van der Waals surface area contributed by atoms with E-state index in [4.69, 9.17) is 9.47 Å². The van der Waals surface area contributed by atoms with E-state index in [9.17, 15) is 0 Å². The normalized spacial score (nSPS) is 29.5. The van der Waals surface area contributed by atoms with Crippen LogP contribution < -0.4 is 10.1 Å². The van der Waals surface area contributed by atoms with Gasteiger partial charge in [-0.1, -0.05) is 18.2 Å². The van der Waals surface area contributed by atoms with Crippen molar-refractivity contribution in [1.29, 1.82) is 0 Å². The van der Waals surface area contributed by atoms with Gasteiger partial charge in [0.15, 0.2) is 0 Å². The van der Waals surface area contributed by atoms with Crippen molar-refractivity contribution < 1.29 is 9.47 Å². The van der Waals surface area contributed by atoms with E-state index >= 15 is 0 Å². The molecular formula is C22H25NO2. The van der Waals surface area contributed by atoms with Crippen LogP contribution in [0.2, 0.25) is 0 Å². The number of aryl methyl sites for hydroxylation is 2. The van der Waals surface area contributed by atoms with E-state index in [1.165, 1.54) is 47.2 Å². The number of hydrogen-bond acceptors (Lipinski definition) is 3. The second-order valence-electron chi connectivity index (χ2n) is 7.77. The first-order chi connectivity index (χ1) is 12.2. The third-order valence-corrected chi connectivity index (χ3v) is 6.49. The summed E-state index contributed by atoms with van der Waals surface area (Å²) < 4.78 is 11.7. The number of rotatable bonds is 2. The van der Waals surface area contributed by atoms with Crippen LogP contribution in [0.3, 0.4) is 0 Å². The summed E-state index contributed by atoms with van der Waals surface area (Å²) in [6.07, 6.45) is 4.79. The zero-order valence-electron chi connectivity index (χ0n) is 15.0. The highest BCUT2D eigenvalue weighted by atomic mass is 16.5. The predicted molar refractivity (Wildman–Crippen MR) is 99.2 cm³/mol. The maximum atomic E-state index is 6.36. The minimum Gasteiger partial charge on any atom is -0.497 e. The van der Waals surface area contributed by atoms with Crippen LogP contribution in [0.15, 0.2) is 36.4 Å². The molecule has 3 atom stereocenters. The Morgan fingerprint density at radius 1 is 1.12 bits per heavy atom. The quantitative estimate of drug-likeness (QED) is 0.870. The SMILES string of the molecule is COc1ccc([C@H]2Nc3cc4c(cc3[C@@]3(C)OCC[C@@H]23)CCC4)cc1. The summed E-state index contributed by atoms with van der Waals surface area (Å²) >= 11 is 0. The highest BCUT2D eigenvalue weighted by Gasteiger charge is 2.50. The van der Waals surface area contributed by atoms with E-state index < -0.39 is 0 Å². The third kappa shape index (κ3) is 2.22. The topological polar surface area (TPSA) is 30.5 Å². The molecule has 1 fully saturated rings. The molecule has 3 nitrogen and oxygen atoms in total. The van der Waals surface area contributed by atoms with Gasteiger partial charge in [-0.3, -0.25) is 0 Å². The summed E-state index contributed by atoms with van der Waals surface area (Å²) in [5.74, 6) is 1.36. The predicted octanol–water partition coefficient (Wildman–Crippen LogP) is 4.60. The van der Waals surface area contributed by atoms with Crippen LogP contribution in [0.1, 0.15) is 48.1 Å². The van der Waals surface area contributed by atoms with Crippen molar-refractivity contribution in [3.05, 3.63) is 58.7 Å². The van der Waals surface area contributed by atoms with Crippen molar-refractivity contribution >= 4 is 5.69 Å². The average molecular weight is 335 g/mol. The van der Waals surface area contributed by atoms with E-state index in [1.807, 2.05) is 0 Å². The summed E-state index contributed by atoms with van der Waals surface area (Å²) in [4.78, 5) is 0. The minimum absolute atomic E-state index is 0.192. The second kappa shape index (κ2) is 5.50. The molecule has 0 unspecified atom stereocenters. The van der Waals surface area contributed by atoms with Crippen LogP contribution in [0.25, 0.3) is 0 Å². The largest absolute Gasteiger partial charge is 0.497 e. The van der Waals surface area contributed by atoms with Gasteiger partial charge in [0.25, 0.3) is 0 Å². The van der Waals surface area contributed by atoms with Crippen LogP contribution in [-0.4, -0.2) is 13.7 Å². The van der Waals surface area contributed by atoms with E-state index in [1.54, 1.807) is 7.11 Å². The Labute approximate surface area is 149 Å². The zero-order chi connectivity index (χ0) is 17.0. The van der Waals surface area contributed by atoms with E-state index in [0.29, 0.717) is 5.92 Å². The molecule has 25 heavy (non-hydrogen) atoms. The van der Waals surface area contributed by atoms with Crippen LogP contribution in [-0.2, 0) is 23.2 Å². The lowest BCUT2D eigenvalue weighted by Gasteiger charge is -2.43. The number of hydrogen-bond donors (Lipinski definition) is 1. The van der Waals surface area contributed by atoms with Crippen LogP contribution in [0, 0.1) is 5.92 Å². The highest BCUT2D eigenvalue weighted by molar-refractivity contribution is 5.63. The monoisotopic (exact) mass is 335 g/mol. The Morgan fingerprint density at radius 2 is 1.88 bits per heavy atom. The van der Waals surface area contributed by atoms with Gasteiger partial charge in [0.05, 0.1) is 18.8 Å². The van der Waals surface area contributed by atoms with E-state index in [2.05, 4.69) is 48.6 Å². The molecule has 2 aromatic rings. The maximum Gasteiger partial charge on any atom is 0.118 e. The minimum atomic E-state index is -0.192. The van der Waals surface area contributed by atoms with E-state index in [0.717, 1.165) is 18.8 Å².